The van der Waals surface area contributed by atoms with E-state index in [1.54, 1.807) is 6.07 Å². The molecule has 0 aromatic heterocycles. The molecule has 0 fully saturated rings. The molecule has 15 heavy (non-hydrogen) atoms. The summed E-state index contributed by atoms with van der Waals surface area (Å²) >= 11 is 0. The van der Waals surface area contributed by atoms with E-state index >= 15 is 0 Å². The lowest BCUT2D eigenvalue weighted by Gasteiger charge is -2.11. The van der Waals surface area contributed by atoms with E-state index in [0.29, 0.717) is 12.2 Å². The van der Waals surface area contributed by atoms with Crippen molar-refractivity contribution in [3.05, 3.63) is 29.3 Å². The Morgan fingerprint density at radius 3 is 3.13 bits per heavy atom. The van der Waals surface area contributed by atoms with Crippen LogP contribution in [0.15, 0.2) is 18.2 Å². The number of benzene rings is 1. The number of hydrogen-bond donors (Lipinski definition) is 1. The molecule has 0 aliphatic heterocycles. The SMILES string of the molecule is COC(=O)CC1CCc2cccc(O)c21. The lowest BCUT2D eigenvalue weighted by molar-refractivity contribution is -0.141. The summed E-state index contributed by atoms with van der Waals surface area (Å²) in [4.78, 5) is 11.2. The molecule has 3 heteroatoms. The van der Waals surface area contributed by atoms with Crippen LogP contribution < -0.4 is 0 Å². The maximum Gasteiger partial charge on any atom is 0.306 e. The smallest absolute Gasteiger partial charge is 0.306 e. The molecule has 2 rings (SSSR count). The van der Waals surface area contributed by atoms with Gasteiger partial charge in [-0.25, -0.2) is 0 Å². The number of rotatable bonds is 2. The number of fused-ring (bicyclic) bond motifs is 1. The zero-order valence-corrected chi connectivity index (χ0v) is 8.69. The average Bonchev–Trinajstić information content (AvgIpc) is 2.63. The zero-order chi connectivity index (χ0) is 10.8. The van der Waals surface area contributed by atoms with Crippen molar-refractivity contribution < 1.29 is 14.6 Å². The van der Waals surface area contributed by atoms with Gasteiger partial charge >= 0.3 is 5.97 Å². The topological polar surface area (TPSA) is 46.5 Å². The van der Waals surface area contributed by atoms with Gasteiger partial charge in [-0.15, -0.1) is 0 Å². The van der Waals surface area contributed by atoms with Crippen molar-refractivity contribution in [2.75, 3.05) is 7.11 Å². The Morgan fingerprint density at radius 1 is 1.60 bits per heavy atom. The van der Waals surface area contributed by atoms with Gasteiger partial charge in [0.2, 0.25) is 0 Å². The Hall–Kier alpha value is -1.51. The summed E-state index contributed by atoms with van der Waals surface area (Å²) in [6, 6.07) is 5.52. The number of phenolic OH excluding ortho intramolecular Hbond substituents is 1. The van der Waals surface area contributed by atoms with Gasteiger partial charge < -0.3 is 9.84 Å². The van der Waals surface area contributed by atoms with Crippen LogP contribution >= 0.6 is 0 Å². The first-order chi connectivity index (χ1) is 7.22. The molecule has 1 aromatic carbocycles. The average molecular weight is 206 g/mol. The van der Waals surface area contributed by atoms with Crippen molar-refractivity contribution in [3.63, 3.8) is 0 Å². The first-order valence-corrected chi connectivity index (χ1v) is 5.10. The molecule has 1 atom stereocenters. The summed E-state index contributed by atoms with van der Waals surface area (Å²) in [6.07, 6.45) is 2.22. The molecule has 0 spiro atoms. The number of phenols is 1. The number of hydrogen-bond acceptors (Lipinski definition) is 3. The second kappa shape index (κ2) is 3.93. The van der Waals surface area contributed by atoms with Crippen molar-refractivity contribution in [1.29, 1.82) is 0 Å². The van der Waals surface area contributed by atoms with E-state index < -0.39 is 0 Å². The van der Waals surface area contributed by atoms with Crippen molar-refractivity contribution in [2.45, 2.75) is 25.2 Å². The number of aromatic hydroxyl groups is 1. The molecule has 0 amide bonds. The Bertz CT molecular complexity index is 384. The van der Waals surface area contributed by atoms with Crippen LogP contribution in [-0.4, -0.2) is 18.2 Å². The quantitative estimate of drug-likeness (QED) is 0.753. The number of carbonyl (C=O) groups excluding carboxylic acids is 1. The summed E-state index contributed by atoms with van der Waals surface area (Å²) in [5.74, 6) is 0.212. The van der Waals surface area contributed by atoms with Gasteiger partial charge in [0.15, 0.2) is 0 Å². The standard InChI is InChI=1S/C12H14O3/c1-15-11(14)7-9-6-5-8-3-2-4-10(13)12(8)9/h2-4,9,13H,5-7H2,1H3. The van der Waals surface area contributed by atoms with Crippen molar-refractivity contribution in [3.8, 4) is 5.75 Å². The van der Waals surface area contributed by atoms with Gasteiger partial charge in [0.05, 0.1) is 13.5 Å². The van der Waals surface area contributed by atoms with Gasteiger partial charge in [0, 0.05) is 5.56 Å². The summed E-state index contributed by atoms with van der Waals surface area (Å²) in [7, 11) is 1.39. The lowest BCUT2D eigenvalue weighted by Crippen LogP contribution is -2.06. The summed E-state index contributed by atoms with van der Waals surface area (Å²) in [5, 5.41) is 9.74. The highest BCUT2D eigenvalue weighted by Gasteiger charge is 2.27. The molecule has 1 N–H and O–H groups in total. The Kier molecular flexibility index (Phi) is 2.62. The van der Waals surface area contributed by atoms with Crippen LogP contribution in [-0.2, 0) is 16.0 Å². The monoisotopic (exact) mass is 206 g/mol. The van der Waals surface area contributed by atoms with Gasteiger partial charge in [-0.3, -0.25) is 4.79 Å². The molecule has 3 nitrogen and oxygen atoms in total. The highest BCUT2D eigenvalue weighted by atomic mass is 16.5. The minimum atomic E-state index is -0.212. The third-order valence-electron chi connectivity index (χ3n) is 2.98. The first kappa shape index (κ1) is 10.0. The summed E-state index contributed by atoms with van der Waals surface area (Å²) in [5.41, 5.74) is 2.09. The maximum absolute atomic E-state index is 11.2. The van der Waals surface area contributed by atoms with E-state index in [-0.39, 0.29) is 11.9 Å². The third-order valence-corrected chi connectivity index (χ3v) is 2.98. The molecule has 0 radical (unpaired) electrons. The Balaban J connectivity index is 2.24. The maximum atomic E-state index is 11.2. The molecule has 0 bridgehead atoms. The van der Waals surface area contributed by atoms with Crippen LogP contribution in [0.5, 0.6) is 5.75 Å². The van der Waals surface area contributed by atoms with Crippen LogP contribution in [0.3, 0.4) is 0 Å². The van der Waals surface area contributed by atoms with E-state index in [2.05, 4.69) is 4.74 Å². The van der Waals surface area contributed by atoms with E-state index in [1.165, 1.54) is 7.11 Å². The molecule has 80 valence electrons. The molecule has 0 heterocycles. The number of methoxy groups -OCH3 is 1. The highest BCUT2D eigenvalue weighted by molar-refractivity contribution is 5.71. The van der Waals surface area contributed by atoms with E-state index in [0.717, 1.165) is 24.0 Å². The largest absolute Gasteiger partial charge is 0.508 e. The van der Waals surface area contributed by atoms with E-state index in [4.69, 9.17) is 0 Å². The molecule has 1 aromatic rings. The lowest BCUT2D eigenvalue weighted by atomic mass is 9.97. The van der Waals surface area contributed by atoms with E-state index in [9.17, 15) is 9.90 Å². The molecule has 1 aliphatic carbocycles. The number of carbonyl (C=O) groups is 1. The first-order valence-electron chi connectivity index (χ1n) is 5.10. The van der Waals surface area contributed by atoms with E-state index in [1.807, 2.05) is 12.1 Å². The number of ether oxygens (including phenoxy) is 1. The predicted octanol–water partition coefficient (Wildman–Crippen LogP) is 1.99. The second-order valence-corrected chi connectivity index (χ2v) is 3.87. The van der Waals surface area contributed by atoms with Gasteiger partial charge in [0.25, 0.3) is 0 Å². The Morgan fingerprint density at radius 2 is 2.40 bits per heavy atom. The summed E-state index contributed by atoms with van der Waals surface area (Å²) < 4.78 is 4.65. The third kappa shape index (κ3) is 1.82. The van der Waals surface area contributed by atoms with Crippen LogP contribution in [0.4, 0.5) is 0 Å². The van der Waals surface area contributed by atoms with Gasteiger partial charge in [-0.05, 0) is 30.4 Å². The van der Waals surface area contributed by atoms with Crippen molar-refractivity contribution in [1.82, 2.24) is 0 Å². The molecule has 1 aliphatic rings. The minimum Gasteiger partial charge on any atom is -0.508 e. The molecule has 0 saturated carbocycles. The van der Waals surface area contributed by atoms with Gasteiger partial charge in [0.1, 0.15) is 5.75 Å². The minimum absolute atomic E-state index is 0.119. The Labute approximate surface area is 88.7 Å². The summed E-state index contributed by atoms with van der Waals surface area (Å²) in [6.45, 7) is 0. The predicted molar refractivity (Wildman–Crippen MR) is 55.8 cm³/mol. The van der Waals surface area contributed by atoms with Crippen molar-refractivity contribution >= 4 is 5.97 Å². The second-order valence-electron chi connectivity index (χ2n) is 3.87. The zero-order valence-electron chi connectivity index (χ0n) is 8.69. The van der Waals surface area contributed by atoms with Crippen LogP contribution in [0, 0.1) is 0 Å². The van der Waals surface area contributed by atoms with Gasteiger partial charge in [-0.1, -0.05) is 12.1 Å². The number of aryl methyl sites for hydroxylation is 1. The number of esters is 1. The van der Waals surface area contributed by atoms with Crippen LogP contribution in [0.25, 0.3) is 0 Å². The molecule has 0 saturated heterocycles. The van der Waals surface area contributed by atoms with Crippen molar-refractivity contribution in [2.24, 2.45) is 0 Å². The molecule has 1 unspecified atom stereocenters. The molecular weight excluding hydrogens is 192 g/mol. The normalized spacial score (nSPS) is 18.6. The fourth-order valence-electron chi connectivity index (χ4n) is 2.25. The fourth-order valence-corrected chi connectivity index (χ4v) is 2.25. The highest BCUT2D eigenvalue weighted by Crippen LogP contribution is 2.40. The van der Waals surface area contributed by atoms with Gasteiger partial charge in [-0.2, -0.15) is 0 Å². The van der Waals surface area contributed by atoms with Crippen LogP contribution in [0.1, 0.15) is 29.9 Å². The molecular formula is C12H14O3. The van der Waals surface area contributed by atoms with Crippen LogP contribution in [0.2, 0.25) is 0 Å². The fraction of sp³-hybridized carbons (Fsp3) is 0.417.